The van der Waals surface area contributed by atoms with Gasteiger partial charge in [0.15, 0.2) is 37.2 Å². The number of fused-ring (bicyclic) bond motifs is 1. The van der Waals surface area contributed by atoms with Gasteiger partial charge in [0.2, 0.25) is 0 Å². The molecule has 0 bridgehead atoms. The lowest BCUT2D eigenvalue weighted by molar-refractivity contribution is -0.370. The van der Waals surface area contributed by atoms with Crippen LogP contribution in [0.5, 0.6) is 0 Å². The van der Waals surface area contributed by atoms with Crippen LogP contribution >= 0.6 is 0 Å². The minimum absolute atomic E-state index is 0.0542. The molecule has 23 heteroatoms. The summed E-state index contributed by atoms with van der Waals surface area (Å²) in [6, 6.07) is 0. The second-order valence-corrected chi connectivity index (χ2v) is 19.2. The zero-order valence-corrected chi connectivity index (χ0v) is 37.0. The molecule has 0 aromatic rings. The number of aliphatic hydroxyl groups excluding tert-OH is 13. The standard InChI is InChI=1S/C43H70O23/c1-16-39(66-30(49)8-4-17-3-6-21(46)23(48)9-17)35(54)38(57)41(60-16)59-15-29-32(51)34(53)37(56)43(65-29)63-27-13-20-24(61-40(27)18-5-7-22(47)26(10-18)58-2)11-19(45)12-25(20)62-42-36(55)33(52)31(50)28(14-44)64-42/h4,8,16-29,31-48,50-57H,3,5-7,9-15H2,1-2H3/p+1/t16-,17?,18?,19?,20?,21?,22?,23?,24?,25?,26?,27?,28+,29+,31+,32+,33-,34-,35-,36+,37+,38+,39-,40?,41+,42+,43+/m0/s1. The van der Waals surface area contributed by atoms with E-state index in [1.54, 1.807) is 6.08 Å². The summed E-state index contributed by atoms with van der Waals surface area (Å²) < 4.78 is 52.1. The molecular formula is C43H71O23+. The van der Waals surface area contributed by atoms with Crippen LogP contribution in [0.4, 0.5) is 0 Å². The first kappa shape index (κ1) is 52.2. The Morgan fingerprint density at radius 2 is 1.27 bits per heavy atom. The van der Waals surface area contributed by atoms with Crippen LogP contribution in [0.3, 0.4) is 0 Å². The third-order valence-electron chi connectivity index (χ3n) is 14.7. The number of allylic oxidation sites excluding steroid dienone is 1. The Morgan fingerprint density at radius 1 is 0.636 bits per heavy atom. The van der Waals surface area contributed by atoms with Gasteiger partial charge in [-0.15, -0.1) is 0 Å². The predicted molar refractivity (Wildman–Crippen MR) is 218 cm³/mol. The van der Waals surface area contributed by atoms with Crippen molar-refractivity contribution in [2.75, 3.05) is 20.3 Å². The van der Waals surface area contributed by atoms with Gasteiger partial charge in [-0.3, -0.25) is 0 Å². The minimum Gasteiger partial charge on any atom is -0.454 e. The molecule has 27 atom stereocenters. The number of hydrogen-bond donors (Lipinski definition) is 13. The van der Waals surface area contributed by atoms with Crippen molar-refractivity contribution in [3.05, 3.63) is 12.2 Å². The van der Waals surface area contributed by atoms with Crippen molar-refractivity contribution >= 4 is 5.97 Å². The average Bonchev–Trinajstić information content (AvgIpc) is 3.29. The van der Waals surface area contributed by atoms with Gasteiger partial charge in [-0.2, -0.15) is 0 Å². The number of esters is 1. The highest BCUT2D eigenvalue weighted by atomic mass is 16.7. The van der Waals surface area contributed by atoms with E-state index < -0.39 is 172 Å². The summed E-state index contributed by atoms with van der Waals surface area (Å²) in [6.07, 6.45) is -24.7. The minimum atomic E-state index is -1.83. The van der Waals surface area contributed by atoms with Crippen LogP contribution in [0.1, 0.15) is 64.7 Å². The maximum absolute atomic E-state index is 12.7. The lowest BCUT2D eigenvalue weighted by Gasteiger charge is -2.50. The van der Waals surface area contributed by atoms with Crippen LogP contribution in [0.15, 0.2) is 12.2 Å². The van der Waals surface area contributed by atoms with E-state index >= 15 is 0 Å². The summed E-state index contributed by atoms with van der Waals surface area (Å²) in [4.78, 5) is 12.7. The number of aliphatic hydroxyl groups is 15. The molecule has 14 N–H and O–H groups in total. The predicted octanol–water partition coefficient (Wildman–Crippen LogP) is -5.55. The maximum atomic E-state index is 12.7. The third kappa shape index (κ3) is 11.6. The zero-order valence-electron chi connectivity index (χ0n) is 37.0. The molecule has 4 heterocycles. The number of ether oxygens (including phenoxy) is 9. The molecule has 0 amide bonds. The SMILES string of the molecule is COC1CC(C2[OH+]C3CC(O)CC(O[C@@H]4O[C@H](CO)[C@@H](O)[C@H](O)[C@H]4O)C3CC2O[C@@H]2O[C@H](CO[C@@H]3O[C@@H](C)[C@H](OC(=O)C=CC4CCC(O)C(O)C4)[C@@H](O)[C@H]3O)[C@@H](O)[C@H](O)[C@H]2O)CCC1O. The van der Waals surface area contributed by atoms with E-state index in [9.17, 15) is 71.2 Å². The van der Waals surface area contributed by atoms with Gasteiger partial charge in [0.25, 0.3) is 0 Å². The Kier molecular flexibility index (Phi) is 17.9. The molecule has 3 saturated carbocycles. The number of methoxy groups -OCH3 is 1. The van der Waals surface area contributed by atoms with Gasteiger partial charge < -0.3 is 109 Å². The van der Waals surface area contributed by atoms with Crippen LogP contribution < -0.4 is 0 Å². The van der Waals surface area contributed by atoms with Gasteiger partial charge in [0.1, 0.15) is 67.1 Å². The van der Waals surface area contributed by atoms with Gasteiger partial charge in [-0.25, -0.2) is 4.79 Å². The van der Waals surface area contributed by atoms with Crippen LogP contribution in [0, 0.1) is 17.8 Å². The third-order valence-corrected chi connectivity index (χ3v) is 14.7. The Morgan fingerprint density at radius 3 is 1.94 bits per heavy atom. The van der Waals surface area contributed by atoms with Crippen molar-refractivity contribution in [1.29, 1.82) is 0 Å². The van der Waals surface area contributed by atoms with E-state index in [1.807, 2.05) is 0 Å². The second kappa shape index (κ2) is 22.6. The van der Waals surface area contributed by atoms with Crippen LogP contribution in [-0.4, -0.2) is 244 Å². The highest BCUT2D eigenvalue weighted by Crippen LogP contribution is 2.44. The van der Waals surface area contributed by atoms with E-state index in [0.29, 0.717) is 32.1 Å². The van der Waals surface area contributed by atoms with E-state index in [-0.39, 0.29) is 37.5 Å². The molecule has 7 aliphatic rings. The van der Waals surface area contributed by atoms with Crippen molar-refractivity contribution in [2.45, 2.75) is 212 Å². The molecule has 380 valence electrons. The first-order valence-electron chi connectivity index (χ1n) is 23.2. The molecule has 0 spiro atoms. The first-order valence-corrected chi connectivity index (χ1v) is 23.2. The van der Waals surface area contributed by atoms with Crippen molar-refractivity contribution < 1.29 is 114 Å². The van der Waals surface area contributed by atoms with Crippen molar-refractivity contribution in [1.82, 2.24) is 0 Å². The molecule has 7 fully saturated rings. The fourth-order valence-corrected chi connectivity index (χ4v) is 10.8. The smallest absolute Gasteiger partial charge is 0.330 e. The number of carbonyl (C=O) groups excluding carboxylic acids is 1. The highest BCUT2D eigenvalue weighted by molar-refractivity contribution is 5.82. The van der Waals surface area contributed by atoms with Gasteiger partial charge in [0.05, 0.1) is 61.9 Å². The fourth-order valence-electron chi connectivity index (χ4n) is 10.8. The monoisotopic (exact) mass is 955 g/mol. The first-order chi connectivity index (χ1) is 31.4. The van der Waals surface area contributed by atoms with Crippen molar-refractivity contribution in [2.24, 2.45) is 17.8 Å². The van der Waals surface area contributed by atoms with Crippen LogP contribution in [-0.2, 0) is 42.7 Å². The lowest BCUT2D eigenvalue weighted by Crippen LogP contribution is -2.64. The quantitative estimate of drug-likeness (QED) is 0.0465. The van der Waals surface area contributed by atoms with Gasteiger partial charge in [-0.05, 0) is 57.8 Å². The average molecular weight is 956 g/mol. The summed E-state index contributed by atoms with van der Waals surface area (Å²) in [7, 11) is 1.49. The van der Waals surface area contributed by atoms with E-state index in [0.717, 1.165) is 6.08 Å². The maximum Gasteiger partial charge on any atom is 0.330 e. The molecule has 3 aliphatic carbocycles. The molecule has 4 saturated heterocycles. The molecule has 0 aromatic carbocycles. The molecule has 66 heavy (non-hydrogen) atoms. The van der Waals surface area contributed by atoms with E-state index in [1.165, 1.54) is 14.0 Å². The second-order valence-electron chi connectivity index (χ2n) is 19.2. The fraction of sp³-hybridized carbons (Fsp3) is 0.930. The van der Waals surface area contributed by atoms with E-state index in [2.05, 4.69) is 0 Å². The zero-order chi connectivity index (χ0) is 47.7. The van der Waals surface area contributed by atoms with Gasteiger partial charge in [0, 0.05) is 31.9 Å². The Hall–Kier alpha value is -1.63. The van der Waals surface area contributed by atoms with Crippen LogP contribution in [0.25, 0.3) is 0 Å². The summed E-state index contributed by atoms with van der Waals surface area (Å²) in [5, 5.41) is 138. The highest BCUT2D eigenvalue weighted by Gasteiger charge is 2.57. The molecule has 0 aromatic heterocycles. The Labute approximate surface area is 381 Å². The number of rotatable bonds is 13. The van der Waals surface area contributed by atoms with Gasteiger partial charge in [-0.1, -0.05) is 6.08 Å². The summed E-state index contributed by atoms with van der Waals surface area (Å²) >= 11 is 0. The summed E-state index contributed by atoms with van der Waals surface area (Å²) in [5.41, 5.74) is 0. The summed E-state index contributed by atoms with van der Waals surface area (Å²) in [6.45, 7) is 0.235. The largest absolute Gasteiger partial charge is 0.454 e. The lowest BCUT2D eigenvalue weighted by atomic mass is 9.72. The number of carbonyl (C=O) groups is 1. The molecular weight excluding hydrogens is 884 g/mol. The topological polar surface area (TPSA) is 367 Å². The van der Waals surface area contributed by atoms with Crippen molar-refractivity contribution in [3.63, 3.8) is 0 Å². The Balaban J connectivity index is 1.02. The molecule has 0 radical (unpaired) electrons. The Bertz CT molecular complexity index is 1580. The number of hydrogen-bond acceptors (Lipinski definition) is 22. The molecule has 4 aliphatic heterocycles. The molecule has 12 unspecified atom stereocenters. The van der Waals surface area contributed by atoms with Crippen LogP contribution in [0.2, 0.25) is 0 Å². The normalized spacial score (nSPS) is 51.6. The summed E-state index contributed by atoms with van der Waals surface area (Å²) in [5.74, 6) is -1.77. The molecule has 23 nitrogen and oxygen atoms in total. The van der Waals surface area contributed by atoms with E-state index in [4.69, 9.17) is 42.6 Å². The van der Waals surface area contributed by atoms with Crippen molar-refractivity contribution in [3.8, 4) is 0 Å². The van der Waals surface area contributed by atoms with Gasteiger partial charge >= 0.3 is 5.97 Å². The molecule has 7 rings (SSSR count).